The van der Waals surface area contributed by atoms with Gasteiger partial charge in [0.1, 0.15) is 6.54 Å². The molecule has 1 N–H and O–H groups in total. The van der Waals surface area contributed by atoms with Crippen LogP contribution >= 0.6 is 11.3 Å². The fourth-order valence-electron chi connectivity index (χ4n) is 2.10. The maximum atomic E-state index is 12.1. The van der Waals surface area contributed by atoms with Crippen LogP contribution in [0.25, 0.3) is 0 Å². The summed E-state index contributed by atoms with van der Waals surface area (Å²) in [7, 11) is 0. The van der Waals surface area contributed by atoms with Gasteiger partial charge in [-0.25, -0.2) is 4.98 Å². The van der Waals surface area contributed by atoms with Gasteiger partial charge < -0.3 is 10.1 Å². The van der Waals surface area contributed by atoms with E-state index in [0.717, 1.165) is 28.2 Å². The molecule has 0 aliphatic rings. The number of carbonyl (C=O) groups is 2. The van der Waals surface area contributed by atoms with Gasteiger partial charge in [-0.05, 0) is 13.8 Å². The van der Waals surface area contributed by atoms with Gasteiger partial charge in [-0.2, -0.15) is 0 Å². The van der Waals surface area contributed by atoms with Crippen molar-refractivity contribution < 1.29 is 19.2 Å². The molecule has 1 amide bonds. The molecule has 2 aromatic heterocycles. The van der Waals surface area contributed by atoms with Crippen molar-refractivity contribution in [1.29, 1.82) is 0 Å². The molecule has 0 aliphatic heterocycles. The molecule has 0 fully saturated rings. The Labute approximate surface area is 151 Å². The lowest BCUT2D eigenvalue weighted by atomic mass is 10.3. The summed E-state index contributed by atoms with van der Waals surface area (Å²) in [6, 6.07) is 1.15. The highest BCUT2D eigenvalue weighted by Gasteiger charge is 2.15. The van der Waals surface area contributed by atoms with Gasteiger partial charge in [-0.3, -0.25) is 29.1 Å². The third-order valence-electron chi connectivity index (χ3n) is 3.20. The summed E-state index contributed by atoms with van der Waals surface area (Å²) < 4.78 is 5.78. The van der Waals surface area contributed by atoms with Crippen molar-refractivity contribution in [3.05, 3.63) is 49.4 Å². The molecule has 138 valence electrons. The molecule has 0 aromatic carbocycles. The fraction of sp³-hybridized carbons (Fsp3) is 0.333. The normalized spacial score (nSPS) is 10.4. The highest BCUT2D eigenvalue weighted by molar-refractivity contribution is 7.13. The minimum absolute atomic E-state index is 0.0102. The van der Waals surface area contributed by atoms with Crippen LogP contribution in [0.1, 0.15) is 18.2 Å². The molecule has 0 unspecified atom stereocenters. The van der Waals surface area contributed by atoms with Crippen molar-refractivity contribution in [2.75, 3.05) is 11.9 Å². The lowest BCUT2D eigenvalue weighted by molar-refractivity contribution is -0.385. The minimum atomic E-state index is -0.636. The Balaban J connectivity index is 2.06. The van der Waals surface area contributed by atoms with Crippen LogP contribution in [0.2, 0.25) is 0 Å². The summed E-state index contributed by atoms with van der Waals surface area (Å²) in [6.45, 7) is 3.01. The number of nitro groups is 1. The van der Waals surface area contributed by atoms with E-state index in [0.29, 0.717) is 5.69 Å². The van der Waals surface area contributed by atoms with Gasteiger partial charge in [0.15, 0.2) is 5.13 Å². The third-order valence-corrected chi connectivity index (χ3v) is 4.01. The summed E-state index contributed by atoms with van der Waals surface area (Å²) in [5.74, 6) is -0.988. The maximum Gasteiger partial charge on any atom is 0.311 e. The Kier molecular flexibility index (Phi) is 6.17. The Hall–Kier alpha value is -3.08. The summed E-state index contributed by atoms with van der Waals surface area (Å²) in [6.07, 6.45) is 1.01. The van der Waals surface area contributed by atoms with Crippen LogP contribution in [0.3, 0.4) is 0 Å². The number of pyridine rings is 1. The second-order valence-corrected chi connectivity index (χ2v) is 6.10. The predicted octanol–water partition coefficient (Wildman–Crippen LogP) is 1.27. The number of rotatable bonds is 7. The van der Waals surface area contributed by atoms with E-state index in [4.69, 9.17) is 4.74 Å². The lowest BCUT2D eigenvalue weighted by Crippen LogP contribution is -2.28. The predicted molar refractivity (Wildman–Crippen MR) is 93.2 cm³/mol. The number of amides is 1. The van der Waals surface area contributed by atoms with Crippen LogP contribution < -0.4 is 10.9 Å². The Morgan fingerprint density at radius 1 is 1.46 bits per heavy atom. The van der Waals surface area contributed by atoms with Crippen LogP contribution in [-0.4, -0.2) is 33.0 Å². The molecular formula is C15H16N4O6S. The third kappa shape index (κ3) is 4.96. The van der Waals surface area contributed by atoms with Crippen LogP contribution in [0.5, 0.6) is 0 Å². The molecule has 26 heavy (non-hydrogen) atoms. The van der Waals surface area contributed by atoms with E-state index < -0.39 is 28.9 Å². The van der Waals surface area contributed by atoms with Crippen molar-refractivity contribution in [2.45, 2.75) is 26.8 Å². The standard InChI is InChI=1S/C15H16N4O6S/c1-3-25-13(21)5-10-8-26-15(16-10)17-12(20)7-18-6-11(19(23)24)4-9(2)14(18)22/h4,6,8H,3,5,7H2,1-2H3,(H,16,17,20). The highest BCUT2D eigenvalue weighted by atomic mass is 32.1. The summed E-state index contributed by atoms with van der Waals surface area (Å²) in [5.41, 5.74) is -0.154. The minimum Gasteiger partial charge on any atom is -0.466 e. The zero-order valence-corrected chi connectivity index (χ0v) is 14.9. The Bertz CT molecular complexity index is 904. The number of ether oxygens (including phenoxy) is 1. The maximum absolute atomic E-state index is 12.1. The Morgan fingerprint density at radius 2 is 2.19 bits per heavy atom. The van der Waals surface area contributed by atoms with Crippen molar-refractivity contribution in [2.24, 2.45) is 0 Å². The zero-order chi connectivity index (χ0) is 19.3. The first kappa shape index (κ1) is 19.2. The molecule has 0 spiro atoms. The monoisotopic (exact) mass is 380 g/mol. The number of hydrogen-bond acceptors (Lipinski definition) is 8. The molecular weight excluding hydrogens is 364 g/mol. The Morgan fingerprint density at radius 3 is 2.85 bits per heavy atom. The van der Waals surface area contributed by atoms with Gasteiger partial charge in [-0.15, -0.1) is 11.3 Å². The molecule has 0 radical (unpaired) electrons. The largest absolute Gasteiger partial charge is 0.466 e. The second kappa shape index (κ2) is 8.34. The molecule has 2 aromatic rings. The van der Waals surface area contributed by atoms with Crippen molar-refractivity contribution in [3.8, 4) is 0 Å². The molecule has 0 saturated heterocycles. The topological polar surface area (TPSA) is 133 Å². The average Bonchev–Trinajstić information content (AvgIpc) is 2.98. The van der Waals surface area contributed by atoms with E-state index in [1.54, 1.807) is 12.3 Å². The summed E-state index contributed by atoms with van der Waals surface area (Å²) in [5, 5.41) is 15.2. The number of nitrogens with zero attached hydrogens (tertiary/aromatic N) is 3. The van der Waals surface area contributed by atoms with Crippen LogP contribution in [0, 0.1) is 17.0 Å². The number of thiazole rings is 1. The molecule has 2 heterocycles. The number of carbonyl (C=O) groups excluding carboxylic acids is 2. The first-order valence-electron chi connectivity index (χ1n) is 7.55. The number of aryl methyl sites for hydroxylation is 1. The quantitative estimate of drug-likeness (QED) is 0.434. The zero-order valence-electron chi connectivity index (χ0n) is 14.1. The van der Waals surface area contributed by atoms with E-state index in [9.17, 15) is 24.5 Å². The van der Waals surface area contributed by atoms with Crippen LogP contribution in [0.4, 0.5) is 10.8 Å². The van der Waals surface area contributed by atoms with E-state index in [2.05, 4.69) is 10.3 Å². The van der Waals surface area contributed by atoms with E-state index in [1.807, 2.05) is 0 Å². The molecule has 0 atom stereocenters. The van der Waals surface area contributed by atoms with Gasteiger partial charge >= 0.3 is 5.97 Å². The van der Waals surface area contributed by atoms with Crippen molar-refractivity contribution in [1.82, 2.24) is 9.55 Å². The van der Waals surface area contributed by atoms with E-state index in [1.165, 1.54) is 6.92 Å². The molecule has 0 bridgehead atoms. The molecule has 2 rings (SSSR count). The number of esters is 1. The van der Waals surface area contributed by atoms with Gasteiger partial charge in [0.05, 0.1) is 29.8 Å². The molecule has 11 heteroatoms. The second-order valence-electron chi connectivity index (χ2n) is 5.25. The molecule has 10 nitrogen and oxygen atoms in total. The number of hydrogen-bond donors (Lipinski definition) is 1. The number of aromatic nitrogens is 2. The van der Waals surface area contributed by atoms with Gasteiger partial charge in [0.2, 0.25) is 5.91 Å². The van der Waals surface area contributed by atoms with E-state index >= 15 is 0 Å². The van der Waals surface area contributed by atoms with Gasteiger partial charge in [-0.1, -0.05) is 0 Å². The van der Waals surface area contributed by atoms with Crippen LogP contribution in [0.15, 0.2) is 22.4 Å². The van der Waals surface area contributed by atoms with Crippen molar-refractivity contribution in [3.63, 3.8) is 0 Å². The first-order valence-corrected chi connectivity index (χ1v) is 8.43. The fourth-order valence-corrected chi connectivity index (χ4v) is 2.83. The first-order chi connectivity index (χ1) is 12.3. The van der Waals surface area contributed by atoms with Gasteiger partial charge in [0, 0.05) is 17.0 Å². The smallest absolute Gasteiger partial charge is 0.311 e. The SMILES string of the molecule is CCOC(=O)Cc1csc(NC(=O)Cn2cc([N+](=O)[O-])cc(C)c2=O)n1. The average molecular weight is 380 g/mol. The van der Waals surface area contributed by atoms with E-state index in [-0.39, 0.29) is 29.4 Å². The van der Waals surface area contributed by atoms with Crippen LogP contribution in [-0.2, 0) is 27.3 Å². The number of nitrogens with one attached hydrogen (secondary N) is 1. The molecule has 0 saturated carbocycles. The highest BCUT2D eigenvalue weighted by Crippen LogP contribution is 2.16. The summed E-state index contributed by atoms with van der Waals surface area (Å²) in [4.78, 5) is 49.8. The van der Waals surface area contributed by atoms with Gasteiger partial charge in [0.25, 0.3) is 11.2 Å². The summed E-state index contributed by atoms with van der Waals surface area (Å²) >= 11 is 1.12. The van der Waals surface area contributed by atoms with Crippen molar-refractivity contribution >= 4 is 34.0 Å². The number of anilines is 1. The molecule has 0 aliphatic carbocycles. The lowest BCUT2D eigenvalue weighted by Gasteiger charge is -2.06.